The second-order valence-corrected chi connectivity index (χ2v) is 8.03. The van der Waals surface area contributed by atoms with Crippen LogP contribution < -0.4 is 5.56 Å². The Morgan fingerprint density at radius 2 is 1.86 bits per heavy atom. The average molecular weight is 456 g/mol. The second-order valence-electron chi connectivity index (χ2n) is 5.21. The van der Waals surface area contributed by atoms with Crippen molar-refractivity contribution in [2.75, 3.05) is 14.1 Å². The highest BCUT2D eigenvalue weighted by Gasteiger charge is 2.15. The number of H-pyrrole nitrogens is 1. The Morgan fingerprint density at radius 1 is 1.21 bits per heavy atom. The minimum atomic E-state index is -0.320. The van der Waals surface area contributed by atoms with Crippen LogP contribution in [0.5, 0.6) is 0 Å². The molecule has 0 aliphatic heterocycles. The quantitative estimate of drug-likeness (QED) is 0.363. The number of aromatic nitrogens is 2. The highest BCUT2D eigenvalue weighted by atomic mass is 35.5. The van der Waals surface area contributed by atoms with Crippen LogP contribution in [0, 0.1) is 11.3 Å². The van der Waals surface area contributed by atoms with Crippen LogP contribution in [0.2, 0.25) is 10.0 Å². The molecule has 0 amide bonds. The molecule has 0 bridgehead atoms. The van der Waals surface area contributed by atoms with Gasteiger partial charge in [0.1, 0.15) is 21.5 Å². The Labute approximate surface area is 176 Å². The van der Waals surface area contributed by atoms with E-state index in [1.54, 1.807) is 11.2 Å². The van der Waals surface area contributed by atoms with E-state index in [1.165, 1.54) is 6.33 Å². The van der Waals surface area contributed by atoms with E-state index in [-0.39, 0.29) is 26.6 Å². The van der Waals surface area contributed by atoms with Crippen LogP contribution >= 0.6 is 45.9 Å². The number of hydrogen-bond acceptors (Lipinski definition) is 8. The first-order valence-corrected chi connectivity index (χ1v) is 9.71. The molecule has 0 fully saturated rings. The highest BCUT2D eigenvalue weighted by molar-refractivity contribution is 7.20. The molecule has 0 saturated carbocycles. The fourth-order valence-electron chi connectivity index (χ4n) is 1.85. The van der Waals surface area contributed by atoms with Crippen LogP contribution in [0.4, 0.5) is 5.00 Å². The zero-order chi connectivity index (χ0) is 20.8. The molecule has 3 aromatic heterocycles. The number of fused-ring (bicyclic) bond motifs is 1. The summed E-state index contributed by atoms with van der Waals surface area (Å²) >= 11 is 13.8. The van der Waals surface area contributed by atoms with Crippen molar-refractivity contribution in [2.45, 2.75) is 0 Å². The number of aldehydes is 2. The summed E-state index contributed by atoms with van der Waals surface area (Å²) in [7, 11) is 3.62. The number of nitrogens with one attached hydrogen (secondary N) is 1. The third kappa shape index (κ3) is 4.63. The molecule has 1 N–H and O–H groups in total. The predicted octanol–water partition coefficient (Wildman–Crippen LogP) is 3.76. The summed E-state index contributed by atoms with van der Waals surface area (Å²) in [5, 5.41) is 9.96. The van der Waals surface area contributed by atoms with E-state index in [0.29, 0.717) is 32.2 Å². The lowest BCUT2D eigenvalue weighted by Gasteiger charge is -2.00. The molecule has 3 aromatic rings. The van der Waals surface area contributed by atoms with Gasteiger partial charge < -0.3 is 9.88 Å². The van der Waals surface area contributed by atoms with Crippen LogP contribution in [0.25, 0.3) is 10.2 Å². The van der Waals surface area contributed by atoms with Crippen molar-refractivity contribution < 1.29 is 9.59 Å². The van der Waals surface area contributed by atoms with Gasteiger partial charge in [-0.05, 0) is 0 Å². The van der Waals surface area contributed by atoms with E-state index in [0.717, 1.165) is 22.7 Å². The van der Waals surface area contributed by atoms with E-state index in [2.05, 4.69) is 15.0 Å². The number of nitriles is 1. The fraction of sp³-hybridized carbons (Fsp3) is 0.125. The molecule has 8 nitrogen and oxygen atoms in total. The zero-order valence-electron chi connectivity index (χ0n) is 14.4. The Bertz CT molecular complexity index is 1160. The molecular formula is C16H11Cl2N5O3S2. The number of nitrogens with zero attached hydrogens (tertiary/aromatic N) is 4. The van der Waals surface area contributed by atoms with Crippen LogP contribution in [-0.2, 0) is 0 Å². The van der Waals surface area contributed by atoms with Crippen molar-refractivity contribution in [3.05, 3.63) is 42.0 Å². The van der Waals surface area contributed by atoms with Crippen LogP contribution in [0.15, 0.2) is 16.1 Å². The maximum Gasteiger partial charge on any atom is 0.260 e. The fourth-order valence-corrected chi connectivity index (χ4v) is 4.24. The first kappa shape index (κ1) is 21.7. The van der Waals surface area contributed by atoms with Gasteiger partial charge in [0, 0.05) is 14.1 Å². The van der Waals surface area contributed by atoms with E-state index in [9.17, 15) is 14.4 Å². The summed E-state index contributed by atoms with van der Waals surface area (Å²) in [5.74, 6) is 0. The van der Waals surface area contributed by atoms with Crippen LogP contribution in [-0.4, -0.2) is 47.9 Å². The van der Waals surface area contributed by atoms with E-state index in [4.69, 9.17) is 28.5 Å². The summed E-state index contributed by atoms with van der Waals surface area (Å²) in [4.78, 5) is 45.6. The maximum absolute atomic E-state index is 11.2. The second kappa shape index (κ2) is 9.57. The van der Waals surface area contributed by atoms with Crippen molar-refractivity contribution in [2.24, 2.45) is 4.99 Å². The first-order chi connectivity index (χ1) is 13.3. The Balaban J connectivity index is 0.000000202. The lowest BCUT2D eigenvalue weighted by atomic mass is 10.3. The number of hydrogen-bond donors (Lipinski definition) is 1. The molecule has 144 valence electrons. The molecule has 0 atom stereocenters. The number of aliphatic imine (C=N–C) groups is 1. The van der Waals surface area contributed by atoms with E-state index >= 15 is 0 Å². The lowest BCUT2D eigenvalue weighted by molar-refractivity contribution is 0.111. The van der Waals surface area contributed by atoms with E-state index in [1.807, 2.05) is 20.2 Å². The molecule has 3 rings (SSSR count). The number of aromatic amines is 1. The van der Waals surface area contributed by atoms with Gasteiger partial charge >= 0.3 is 0 Å². The van der Waals surface area contributed by atoms with Gasteiger partial charge in [-0.3, -0.25) is 14.4 Å². The first-order valence-electron chi connectivity index (χ1n) is 7.33. The Morgan fingerprint density at radius 3 is 2.39 bits per heavy atom. The summed E-state index contributed by atoms with van der Waals surface area (Å²) in [6.07, 6.45) is 4.08. The molecule has 0 spiro atoms. The monoisotopic (exact) mass is 455 g/mol. The highest BCUT2D eigenvalue weighted by Crippen LogP contribution is 2.37. The van der Waals surface area contributed by atoms with E-state index < -0.39 is 0 Å². The minimum Gasteiger partial charge on any atom is -0.369 e. The SMILES string of the molecule is CN(C)C=Nc1sc(C=O)c(Cl)c1C#N.O=Cc1sc2nc[nH]c(=O)c2c1Cl. The average Bonchev–Trinajstić information content (AvgIpc) is 3.17. The number of thiophene rings is 2. The molecule has 0 radical (unpaired) electrons. The molecular weight excluding hydrogens is 445 g/mol. The minimum absolute atomic E-state index is 0.184. The summed E-state index contributed by atoms with van der Waals surface area (Å²) in [6, 6.07) is 1.93. The maximum atomic E-state index is 11.2. The molecule has 0 unspecified atom stereocenters. The van der Waals surface area contributed by atoms with Gasteiger partial charge in [-0.2, -0.15) is 5.26 Å². The van der Waals surface area contributed by atoms with Crippen molar-refractivity contribution in [3.63, 3.8) is 0 Å². The molecule has 0 aromatic carbocycles. The van der Waals surface area contributed by atoms with Gasteiger partial charge in [-0.1, -0.05) is 23.2 Å². The van der Waals surface area contributed by atoms with Crippen LogP contribution in [0.1, 0.15) is 24.9 Å². The van der Waals surface area contributed by atoms with Crippen molar-refractivity contribution in [1.29, 1.82) is 5.26 Å². The zero-order valence-corrected chi connectivity index (χ0v) is 17.5. The number of rotatable bonds is 4. The van der Waals surface area contributed by atoms with Gasteiger partial charge in [0.05, 0.1) is 37.9 Å². The molecule has 0 saturated heterocycles. The topological polar surface area (TPSA) is 119 Å². The smallest absolute Gasteiger partial charge is 0.260 e. The summed E-state index contributed by atoms with van der Waals surface area (Å²) in [5.41, 5.74) is -0.0683. The third-order valence-corrected chi connectivity index (χ3v) is 6.10. The number of carbonyl (C=O) groups is 2. The van der Waals surface area contributed by atoms with Gasteiger partial charge in [0.2, 0.25) is 0 Å². The molecule has 3 heterocycles. The van der Waals surface area contributed by atoms with Crippen molar-refractivity contribution >= 4 is 80.0 Å². The normalized spacial score (nSPS) is 10.4. The van der Waals surface area contributed by atoms with Crippen molar-refractivity contribution in [3.8, 4) is 6.07 Å². The van der Waals surface area contributed by atoms with Crippen molar-refractivity contribution in [1.82, 2.24) is 14.9 Å². The number of carbonyl (C=O) groups excluding carboxylic acids is 2. The van der Waals surface area contributed by atoms with Gasteiger partial charge in [0.25, 0.3) is 5.56 Å². The Hall–Kier alpha value is -2.58. The summed E-state index contributed by atoms with van der Waals surface area (Å²) < 4.78 is 0. The standard InChI is InChI=1S/C9H8ClN3OS.C7H3ClN2O2S/c1-13(2)5-12-9-6(3-11)8(10)7(4-14)15-9;8-5-3(1-11)13-7-4(5)6(12)9-2-10-7/h4-5H,1-2H3;1-2H,(H,9,10,12). The molecule has 0 aliphatic rings. The number of halogens is 2. The van der Waals surface area contributed by atoms with Gasteiger partial charge in [-0.15, -0.1) is 22.7 Å². The Kier molecular flexibility index (Phi) is 7.42. The summed E-state index contributed by atoms with van der Waals surface area (Å²) in [6.45, 7) is 0. The lowest BCUT2D eigenvalue weighted by Crippen LogP contribution is -2.06. The van der Waals surface area contributed by atoms with Crippen LogP contribution in [0.3, 0.4) is 0 Å². The van der Waals surface area contributed by atoms with Gasteiger partial charge in [0.15, 0.2) is 12.6 Å². The molecule has 28 heavy (non-hydrogen) atoms. The third-order valence-electron chi connectivity index (χ3n) is 3.05. The molecule has 0 aliphatic carbocycles. The largest absolute Gasteiger partial charge is 0.369 e. The van der Waals surface area contributed by atoms with Gasteiger partial charge in [-0.25, -0.2) is 9.98 Å². The molecule has 12 heteroatoms. The predicted molar refractivity (Wildman–Crippen MR) is 112 cm³/mol.